The molecule has 3 nitrogen and oxygen atoms in total. The standard InChI is InChI=1S/C28H19BrO3/c29-23-12-8-20(9-13-23)18-31-24-14-15-25-26(17-24)32-27(28(25)30)16-19-6-10-22(11-7-19)21-4-2-1-3-5-21/h1-17H,18H2. The number of benzene rings is 4. The SMILES string of the molecule is O=C1C(=Cc2ccc(-c3ccccc3)cc2)Oc2cc(OCc3ccc(Br)cc3)ccc21. The van der Waals surface area contributed by atoms with Gasteiger partial charge in [-0.3, -0.25) is 4.79 Å². The van der Waals surface area contributed by atoms with Crippen molar-refractivity contribution < 1.29 is 14.3 Å². The number of carbonyl (C=O) groups excluding carboxylic acids is 1. The van der Waals surface area contributed by atoms with Crippen LogP contribution in [-0.2, 0) is 6.61 Å². The summed E-state index contributed by atoms with van der Waals surface area (Å²) >= 11 is 3.43. The van der Waals surface area contributed by atoms with E-state index in [0.29, 0.717) is 29.4 Å². The first-order valence-corrected chi connectivity index (χ1v) is 11.1. The van der Waals surface area contributed by atoms with Gasteiger partial charge in [0.15, 0.2) is 5.76 Å². The number of Topliss-reactive ketones (excluding diaryl/α,β-unsaturated/α-hetero) is 1. The second-order valence-electron chi connectivity index (χ2n) is 7.50. The molecule has 0 saturated heterocycles. The number of allylic oxidation sites excluding steroid dienone is 1. The molecule has 4 aromatic rings. The molecule has 0 fully saturated rings. The van der Waals surface area contributed by atoms with Crippen molar-refractivity contribution in [2.45, 2.75) is 6.61 Å². The Morgan fingerprint density at radius 3 is 2.28 bits per heavy atom. The van der Waals surface area contributed by atoms with Crippen molar-refractivity contribution in [1.82, 2.24) is 0 Å². The number of halogens is 1. The van der Waals surface area contributed by atoms with E-state index in [1.54, 1.807) is 24.3 Å². The van der Waals surface area contributed by atoms with E-state index in [9.17, 15) is 4.79 Å². The van der Waals surface area contributed by atoms with Crippen LogP contribution in [0.25, 0.3) is 17.2 Å². The smallest absolute Gasteiger partial charge is 0.231 e. The maximum absolute atomic E-state index is 12.8. The first-order chi connectivity index (χ1) is 15.7. The third-order valence-corrected chi connectivity index (χ3v) is 5.80. The van der Waals surface area contributed by atoms with Crippen molar-refractivity contribution in [2.24, 2.45) is 0 Å². The van der Waals surface area contributed by atoms with Gasteiger partial charge in [0, 0.05) is 10.5 Å². The van der Waals surface area contributed by atoms with Gasteiger partial charge in [0.25, 0.3) is 0 Å². The number of ether oxygens (including phenoxy) is 2. The van der Waals surface area contributed by atoms with Crippen LogP contribution in [0.1, 0.15) is 21.5 Å². The number of ketones is 1. The van der Waals surface area contributed by atoms with Gasteiger partial charge >= 0.3 is 0 Å². The fourth-order valence-electron chi connectivity index (χ4n) is 3.56. The third kappa shape index (κ3) is 4.36. The maximum Gasteiger partial charge on any atom is 0.231 e. The summed E-state index contributed by atoms with van der Waals surface area (Å²) in [6.45, 7) is 0.441. The number of fused-ring (bicyclic) bond motifs is 1. The van der Waals surface area contributed by atoms with Crippen molar-refractivity contribution in [2.75, 3.05) is 0 Å². The highest BCUT2D eigenvalue weighted by Gasteiger charge is 2.27. The van der Waals surface area contributed by atoms with Crippen LogP contribution in [0.15, 0.2) is 107 Å². The van der Waals surface area contributed by atoms with E-state index in [1.165, 1.54) is 0 Å². The molecule has 0 unspecified atom stereocenters. The van der Waals surface area contributed by atoms with Gasteiger partial charge < -0.3 is 9.47 Å². The molecule has 0 bridgehead atoms. The number of hydrogen-bond acceptors (Lipinski definition) is 3. The van der Waals surface area contributed by atoms with Crippen LogP contribution in [0.3, 0.4) is 0 Å². The molecular formula is C28H19BrO3. The summed E-state index contributed by atoms with van der Waals surface area (Å²) in [5, 5.41) is 0. The van der Waals surface area contributed by atoms with Crippen LogP contribution in [0.5, 0.6) is 11.5 Å². The summed E-state index contributed by atoms with van der Waals surface area (Å²) < 4.78 is 12.8. The summed E-state index contributed by atoms with van der Waals surface area (Å²) in [4.78, 5) is 12.8. The Morgan fingerprint density at radius 2 is 1.53 bits per heavy atom. The molecule has 1 aliphatic rings. The fraction of sp³-hybridized carbons (Fsp3) is 0.0357. The topological polar surface area (TPSA) is 35.5 Å². The molecule has 4 aromatic carbocycles. The van der Waals surface area contributed by atoms with Crippen LogP contribution in [0.4, 0.5) is 0 Å². The minimum Gasteiger partial charge on any atom is -0.489 e. The minimum absolute atomic E-state index is 0.119. The Bertz CT molecular complexity index is 1290. The van der Waals surface area contributed by atoms with Crippen LogP contribution in [-0.4, -0.2) is 5.78 Å². The molecule has 0 spiro atoms. The minimum atomic E-state index is -0.119. The Balaban J connectivity index is 1.30. The Labute approximate surface area is 195 Å². The predicted molar refractivity (Wildman–Crippen MR) is 130 cm³/mol. The molecule has 0 atom stereocenters. The van der Waals surface area contributed by atoms with Gasteiger partial charge in [0.1, 0.15) is 18.1 Å². The summed E-state index contributed by atoms with van der Waals surface area (Å²) in [5.41, 5.74) is 4.80. The quantitative estimate of drug-likeness (QED) is 0.279. The van der Waals surface area contributed by atoms with Crippen molar-refractivity contribution >= 4 is 27.8 Å². The Kier molecular flexibility index (Phi) is 5.61. The average molecular weight is 483 g/mol. The van der Waals surface area contributed by atoms with Crippen molar-refractivity contribution in [3.8, 4) is 22.6 Å². The van der Waals surface area contributed by atoms with E-state index < -0.39 is 0 Å². The summed E-state index contributed by atoms with van der Waals surface area (Å²) in [7, 11) is 0. The van der Waals surface area contributed by atoms with E-state index in [2.05, 4.69) is 28.1 Å². The molecule has 0 N–H and O–H groups in total. The molecule has 0 saturated carbocycles. The van der Waals surface area contributed by atoms with E-state index >= 15 is 0 Å². The van der Waals surface area contributed by atoms with E-state index in [0.717, 1.165) is 26.7 Å². The molecule has 0 aliphatic carbocycles. The lowest BCUT2D eigenvalue weighted by Gasteiger charge is -2.07. The molecule has 1 heterocycles. The molecular weight excluding hydrogens is 464 g/mol. The second-order valence-corrected chi connectivity index (χ2v) is 8.42. The maximum atomic E-state index is 12.8. The van der Waals surface area contributed by atoms with Gasteiger partial charge in [0.05, 0.1) is 5.56 Å². The van der Waals surface area contributed by atoms with Gasteiger partial charge in [-0.15, -0.1) is 0 Å². The molecule has 4 heteroatoms. The summed E-state index contributed by atoms with van der Waals surface area (Å²) in [5.74, 6) is 1.38. The van der Waals surface area contributed by atoms with Crippen molar-refractivity contribution in [1.29, 1.82) is 0 Å². The first-order valence-electron chi connectivity index (χ1n) is 10.3. The zero-order chi connectivity index (χ0) is 21.9. The van der Waals surface area contributed by atoms with Gasteiger partial charge in [-0.2, -0.15) is 0 Å². The summed E-state index contributed by atoms with van der Waals surface area (Å²) in [6, 6.07) is 31.5. The summed E-state index contributed by atoms with van der Waals surface area (Å²) in [6.07, 6.45) is 1.78. The van der Waals surface area contributed by atoms with Gasteiger partial charge in [-0.25, -0.2) is 0 Å². The molecule has 5 rings (SSSR count). The lowest BCUT2D eigenvalue weighted by molar-refractivity contribution is 0.101. The molecule has 32 heavy (non-hydrogen) atoms. The monoisotopic (exact) mass is 482 g/mol. The van der Waals surface area contributed by atoms with Gasteiger partial charge in [-0.05, 0) is 52.6 Å². The predicted octanol–water partition coefficient (Wildman–Crippen LogP) is 7.31. The third-order valence-electron chi connectivity index (χ3n) is 5.28. The van der Waals surface area contributed by atoms with Gasteiger partial charge in [-0.1, -0.05) is 82.7 Å². The molecule has 0 aromatic heterocycles. The zero-order valence-corrected chi connectivity index (χ0v) is 18.7. The highest BCUT2D eigenvalue weighted by molar-refractivity contribution is 9.10. The van der Waals surface area contributed by atoms with Crippen LogP contribution < -0.4 is 9.47 Å². The lowest BCUT2D eigenvalue weighted by Crippen LogP contribution is -1.98. The Hall–Kier alpha value is -3.63. The van der Waals surface area contributed by atoms with Crippen LogP contribution in [0, 0.1) is 0 Å². The van der Waals surface area contributed by atoms with Gasteiger partial charge in [0.2, 0.25) is 5.78 Å². The largest absolute Gasteiger partial charge is 0.489 e. The highest BCUT2D eigenvalue weighted by Crippen LogP contribution is 2.35. The molecule has 1 aliphatic heterocycles. The normalized spacial score (nSPS) is 13.7. The average Bonchev–Trinajstić information content (AvgIpc) is 3.14. The molecule has 156 valence electrons. The first kappa shape index (κ1) is 20.3. The van der Waals surface area contributed by atoms with Crippen molar-refractivity contribution in [3.05, 3.63) is 124 Å². The van der Waals surface area contributed by atoms with E-state index in [1.807, 2.05) is 66.7 Å². The van der Waals surface area contributed by atoms with Crippen molar-refractivity contribution in [3.63, 3.8) is 0 Å². The van der Waals surface area contributed by atoms with E-state index in [4.69, 9.17) is 9.47 Å². The highest BCUT2D eigenvalue weighted by atomic mass is 79.9. The van der Waals surface area contributed by atoms with Crippen LogP contribution in [0.2, 0.25) is 0 Å². The fourth-order valence-corrected chi connectivity index (χ4v) is 3.82. The van der Waals surface area contributed by atoms with E-state index in [-0.39, 0.29) is 5.78 Å². The van der Waals surface area contributed by atoms with Crippen LogP contribution >= 0.6 is 15.9 Å². The number of hydrogen-bond donors (Lipinski definition) is 0. The molecule has 0 amide bonds. The zero-order valence-electron chi connectivity index (χ0n) is 17.1. The number of rotatable bonds is 5. The molecule has 0 radical (unpaired) electrons. The Morgan fingerprint density at radius 1 is 0.812 bits per heavy atom. The lowest BCUT2D eigenvalue weighted by atomic mass is 10.0. The second kappa shape index (κ2) is 8.85. The number of carbonyl (C=O) groups is 1.